The number of carbonyl (C=O) groups excluding carboxylic acids is 1. The first kappa shape index (κ1) is 19.7. The Morgan fingerprint density at radius 1 is 1.07 bits per heavy atom. The third-order valence-corrected chi connectivity index (χ3v) is 6.22. The standard InChI is InChI=1S/C23H30N4O2/c1-17-7-5-6-10-20(17)26-23(28)18-11-13-27(14-12-18)21-15-22(25-16-24-21)29-19-8-3-2-4-9-19/h2-4,8-9,15-18,20H,5-7,10-14H2,1H3,(H,26,28)/t17-,20+/m0/s1. The highest BCUT2D eigenvalue weighted by Crippen LogP contribution is 2.27. The number of carbonyl (C=O) groups is 1. The van der Waals surface area contributed by atoms with Gasteiger partial charge in [0, 0.05) is 31.1 Å². The fourth-order valence-electron chi connectivity index (χ4n) is 4.37. The summed E-state index contributed by atoms with van der Waals surface area (Å²) in [7, 11) is 0. The Kier molecular flexibility index (Phi) is 6.27. The zero-order chi connectivity index (χ0) is 20.1. The summed E-state index contributed by atoms with van der Waals surface area (Å²) < 4.78 is 5.82. The molecule has 6 nitrogen and oxygen atoms in total. The number of aromatic nitrogens is 2. The predicted molar refractivity (Wildman–Crippen MR) is 113 cm³/mol. The molecule has 2 fully saturated rings. The molecule has 154 valence electrons. The van der Waals surface area contributed by atoms with Crippen LogP contribution in [0.4, 0.5) is 5.82 Å². The zero-order valence-electron chi connectivity index (χ0n) is 17.1. The van der Waals surface area contributed by atoms with Crippen molar-refractivity contribution in [1.82, 2.24) is 15.3 Å². The van der Waals surface area contributed by atoms with E-state index in [0.29, 0.717) is 17.8 Å². The third kappa shape index (κ3) is 5.05. The van der Waals surface area contributed by atoms with E-state index in [4.69, 9.17) is 4.74 Å². The number of para-hydroxylation sites is 1. The van der Waals surface area contributed by atoms with Gasteiger partial charge >= 0.3 is 0 Å². The van der Waals surface area contributed by atoms with Gasteiger partial charge in [0.25, 0.3) is 0 Å². The third-order valence-electron chi connectivity index (χ3n) is 6.22. The second kappa shape index (κ2) is 9.25. The molecular weight excluding hydrogens is 364 g/mol. The molecule has 2 heterocycles. The molecule has 0 radical (unpaired) electrons. The number of ether oxygens (including phenoxy) is 1. The number of benzene rings is 1. The maximum atomic E-state index is 12.7. The Morgan fingerprint density at radius 3 is 2.59 bits per heavy atom. The highest BCUT2D eigenvalue weighted by Gasteiger charge is 2.29. The second-order valence-electron chi connectivity index (χ2n) is 8.27. The van der Waals surface area contributed by atoms with Crippen molar-refractivity contribution in [1.29, 1.82) is 0 Å². The molecule has 4 rings (SSSR count). The Bertz CT molecular complexity index is 806. The second-order valence-corrected chi connectivity index (χ2v) is 8.27. The molecule has 0 spiro atoms. The van der Waals surface area contributed by atoms with Gasteiger partial charge in [-0.2, -0.15) is 0 Å². The highest BCUT2D eigenvalue weighted by molar-refractivity contribution is 5.79. The lowest BCUT2D eigenvalue weighted by molar-refractivity contribution is -0.126. The lowest BCUT2D eigenvalue weighted by Gasteiger charge is -2.35. The number of piperidine rings is 1. The molecule has 1 aromatic heterocycles. The summed E-state index contributed by atoms with van der Waals surface area (Å²) >= 11 is 0. The number of nitrogens with zero attached hydrogens (tertiary/aromatic N) is 3. The van der Waals surface area contributed by atoms with Crippen molar-refractivity contribution in [2.45, 2.75) is 51.5 Å². The van der Waals surface area contributed by atoms with Crippen molar-refractivity contribution in [2.75, 3.05) is 18.0 Å². The SMILES string of the molecule is C[C@H]1CCCC[C@H]1NC(=O)C1CCN(c2cc(Oc3ccccc3)ncn2)CC1. The van der Waals surface area contributed by atoms with Crippen LogP contribution in [0.25, 0.3) is 0 Å². The molecule has 1 aromatic carbocycles. The minimum absolute atomic E-state index is 0.0993. The van der Waals surface area contributed by atoms with Crippen molar-refractivity contribution in [3.63, 3.8) is 0 Å². The van der Waals surface area contributed by atoms with E-state index in [0.717, 1.165) is 43.9 Å². The Hall–Kier alpha value is -2.63. The van der Waals surface area contributed by atoms with Crippen LogP contribution >= 0.6 is 0 Å². The molecule has 0 unspecified atom stereocenters. The molecule has 0 bridgehead atoms. The quantitative estimate of drug-likeness (QED) is 0.824. The van der Waals surface area contributed by atoms with Crippen LogP contribution < -0.4 is 15.0 Å². The monoisotopic (exact) mass is 394 g/mol. The van der Waals surface area contributed by atoms with E-state index in [-0.39, 0.29) is 11.8 Å². The van der Waals surface area contributed by atoms with Crippen LogP contribution in [0.1, 0.15) is 45.4 Å². The Balaban J connectivity index is 1.31. The van der Waals surface area contributed by atoms with E-state index in [2.05, 4.69) is 27.1 Å². The van der Waals surface area contributed by atoms with E-state index in [1.54, 1.807) is 0 Å². The largest absolute Gasteiger partial charge is 0.439 e. The molecule has 2 aliphatic rings. The average Bonchev–Trinajstić information content (AvgIpc) is 2.76. The van der Waals surface area contributed by atoms with Crippen molar-refractivity contribution in [2.24, 2.45) is 11.8 Å². The van der Waals surface area contributed by atoms with E-state index in [9.17, 15) is 4.79 Å². The predicted octanol–water partition coefficient (Wildman–Crippen LogP) is 4.18. The van der Waals surface area contributed by atoms with Crippen LogP contribution in [0.2, 0.25) is 0 Å². The number of hydrogen-bond acceptors (Lipinski definition) is 5. The summed E-state index contributed by atoms with van der Waals surface area (Å²) in [6.07, 6.45) is 8.12. The Labute approximate surface area is 172 Å². The first-order chi connectivity index (χ1) is 14.2. The summed E-state index contributed by atoms with van der Waals surface area (Å²) in [5, 5.41) is 3.33. The molecule has 1 aliphatic carbocycles. The number of hydrogen-bond donors (Lipinski definition) is 1. The Morgan fingerprint density at radius 2 is 1.83 bits per heavy atom. The summed E-state index contributed by atoms with van der Waals surface area (Å²) in [5.74, 6) is 3.07. The molecule has 1 N–H and O–H groups in total. The molecule has 1 saturated heterocycles. The number of amides is 1. The molecular formula is C23H30N4O2. The first-order valence-corrected chi connectivity index (χ1v) is 10.8. The van der Waals surface area contributed by atoms with E-state index < -0.39 is 0 Å². The average molecular weight is 395 g/mol. The van der Waals surface area contributed by atoms with Crippen molar-refractivity contribution < 1.29 is 9.53 Å². The molecule has 2 aromatic rings. The van der Waals surface area contributed by atoms with Crippen LogP contribution in [0.3, 0.4) is 0 Å². The maximum Gasteiger partial charge on any atom is 0.224 e. The van der Waals surface area contributed by atoms with Gasteiger partial charge in [-0.05, 0) is 43.7 Å². The smallest absolute Gasteiger partial charge is 0.224 e. The minimum atomic E-state index is 0.0993. The van der Waals surface area contributed by atoms with Gasteiger partial charge in [0.05, 0.1) is 0 Å². The van der Waals surface area contributed by atoms with Crippen LogP contribution in [0.5, 0.6) is 11.6 Å². The summed E-state index contributed by atoms with van der Waals surface area (Å²) in [5.41, 5.74) is 0. The van der Waals surface area contributed by atoms with Gasteiger partial charge in [0.15, 0.2) is 0 Å². The molecule has 6 heteroatoms. The number of nitrogens with one attached hydrogen (secondary N) is 1. The van der Waals surface area contributed by atoms with Gasteiger partial charge in [-0.25, -0.2) is 9.97 Å². The topological polar surface area (TPSA) is 67.4 Å². The molecule has 29 heavy (non-hydrogen) atoms. The van der Waals surface area contributed by atoms with E-state index in [1.807, 2.05) is 36.4 Å². The minimum Gasteiger partial charge on any atom is -0.439 e. The van der Waals surface area contributed by atoms with Crippen LogP contribution in [-0.2, 0) is 4.79 Å². The van der Waals surface area contributed by atoms with Gasteiger partial charge in [-0.3, -0.25) is 4.79 Å². The molecule has 1 saturated carbocycles. The van der Waals surface area contributed by atoms with Crippen LogP contribution in [-0.4, -0.2) is 35.0 Å². The summed E-state index contributed by atoms with van der Waals surface area (Å²) in [4.78, 5) is 23.6. The fraction of sp³-hybridized carbons (Fsp3) is 0.522. The lowest BCUT2D eigenvalue weighted by Crippen LogP contribution is -2.46. The summed E-state index contributed by atoms with van der Waals surface area (Å²) in [6.45, 7) is 3.90. The van der Waals surface area contributed by atoms with Crippen molar-refractivity contribution >= 4 is 11.7 Å². The molecule has 1 amide bonds. The van der Waals surface area contributed by atoms with Crippen molar-refractivity contribution in [3.8, 4) is 11.6 Å². The van der Waals surface area contributed by atoms with Gasteiger partial charge in [-0.15, -0.1) is 0 Å². The highest BCUT2D eigenvalue weighted by atomic mass is 16.5. The molecule has 1 aliphatic heterocycles. The molecule has 2 atom stereocenters. The van der Waals surface area contributed by atoms with Gasteiger partial charge < -0.3 is 15.0 Å². The van der Waals surface area contributed by atoms with Crippen LogP contribution in [0.15, 0.2) is 42.7 Å². The van der Waals surface area contributed by atoms with Crippen LogP contribution in [0, 0.1) is 11.8 Å². The first-order valence-electron chi connectivity index (χ1n) is 10.8. The van der Waals surface area contributed by atoms with E-state index in [1.165, 1.54) is 25.6 Å². The van der Waals surface area contributed by atoms with Crippen molar-refractivity contribution in [3.05, 3.63) is 42.7 Å². The zero-order valence-corrected chi connectivity index (χ0v) is 17.1. The summed E-state index contributed by atoms with van der Waals surface area (Å²) in [6, 6.07) is 11.8. The number of anilines is 1. The fourth-order valence-corrected chi connectivity index (χ4v) is 4.37. The normalized spacial score (nSPS) is 22.9. The van der Waals surface area contributed by atoms with Gasteiger partial charge in [-0.1, -0.05) is 38.0 Å². The maximum absolute atomic E-state index is 12.7. The number of rotatable bonds is 5. The lowest BCUT2D eigenvalue weighted by atomic mass is 9.85. The van der Waals surface area contributed by atoms with E-state index >= 15 is 0 Å². The van der Waals surface area contributed by atoms with Gasteiger partial charge in [0.2, 0.25) is 11.8 Å². The van der Waals surface area contributed by atoms with Gasteiger partial charge in [0.1, 0.15) is 17.9 Å².